The topological polar surface area (TPSA) is 84.2 Å². The van der Waals surface area contributed by atoms with Gasteiger partial charge in [0.05, 0.1) is 0 Å². The molecule has 0 saturated heterocycles. The zero-order valence-corrected chi connectivity index (χ0v) is 16.0. The molecule has 29 heavy (non-hydrogen) atoms. The third-order valence-corrected chi connectivity index (χ3v) is 5.36. The Morgan fingerprint density at radius 3 is 2.21 bits per heavy atom. The lowest BCUT2D eigenvalue weighted by Crippen LogP contribution is -2.39. The summed E-state index contributed by atoms with van der Waals surface area (Å²) in [6.45, 7) is 0. The van der Waals surface area contributed by atoms with E-state index < -0.39 is 0 Å². The van der Waals surface area contributed by atoms with Crippen LogP contribution in [-0.2, 0) is 4.79 Å². The van der Waals surface area contributed by atoms with Gasteiger partial charge in [-0.15, -0.1) is 0 Å². The van der Waals surface area contributed by atoms with Crippen LogP contribution in [0.4, 0.5) is 5.69 Å². The molecule has 1 aliphatic carbocycles. The van der Waals surface area contributed by atoms with Gasteiger partial charge in [-0.1, -0.05) is 47.6 Å². The molecule has 0 spiro atoms. The number of carbonyl (C=O) groups excluding carboxylic acids is 2. The Kier molecular flexibility index (Phi) is 5.70. The maximum absolute atomic E-state index is 12.6. The number of rotatable bonds is 5. The van der Waals surface area contributed by atoms with E-state index in [1.165, 1.54) is 12.3 Å². The molecule has 0 radical (unpaired) electrons. The number of nitrogens with zero attached hydrogens (tertiary/aromatic N) is 1. The van der Waals surface area contributed by atoms with Gasteiger partial charge in [0, 0.05) is 23.7 Å². The fourth-order valence-electron chi connectivity index (χ4n) is 3.71. The number of hydrogen-bond acceptors (Lipinski definition) is 4. The Morgan fingerprint density at radius 2 is 1.55 bits per heavy atom. The van der Waals surface area contributed by atoms with Crippen molar-refractivity contribution in [2.24, 2.45) is 5.92 Å². The van der Waals surface area contributed by atoms with Crippen LogP contribution in [0.1, 0.15) is 36.2 Å². The first-order valence-electron chi connectivity index (χ1n) is 9.86. The van der Waals surface area contributed by atoms with E-state index in [0.29, 0.717) is 0 Å². The van der Waals surface area contributed by atoms with Crippen molar-refractivity contribution in [2.75, 3.05) is 5.32 Å². The highest BCUT2D eigenvalue weighted by Crippen LogP contribution is 2.27. The van der Waals surface area contributed by atoms with E-state index in [1.54, 1.807) is 0 Å². The monoisotopic (exact) mass is 389 g/mol. The molecule has 0 atom stereocenters. The molecular formula is C23H23N3O3. The van der Waals surface area contributed by atoms with Crippen molar-refractivity contribution in [2.45, 2.75) is 31.7 Å². The lowest BCUT2D eigenvalue weighted by Gasteiger charge is -2.28. The normalized spacial score (nSPS) is 18.8. The average molecular weight is 389 g/mol. The van der Waals surface area contributed by atoms with Crippen LogP contribution < -0.4 is 10.6 Å². The van der Waals surface area contributed by atoms with E-state index in [-0.39, 0.29) is 29.5 Å². The molecule has 1 aliphatic rings. The summed E-state index contributed by atoms with van der Waals surface area (Å²) in [6.07, 6.45) is 4.42. The second kappa shape index (κ2) is 8.73. The summed E-state index contributed by atoms with van der Waals surface area (Å²) in [5, 5.41) is 9.62. The van der Waals surface area contributed by atoms with Gasteiger partial charge in [-0.25, -0.2) is 0 Å². The zero-order chi connectivity index (χ0) is 20.1. The standard InChI is InChI=1S/C23H23N3O3/c27-22(24-19-10-6-17(7-11-19)16-4-2-1-3-5-16)18-8-12-20(13-9-18)25-23(28)21-14-15-29-26-21/h1-7,10-11,14-15,18,20H,8-9,12-13H2,(H,24,27)(H,25,28). The molecule has 148 valence electrons. The van der Waals surface area contributed by atoms with E-state index >= 15 is 0 Å². The maximum Gasteiger partial charge on any atom is 0.273 e. The second-order valence-corrected chi connectivity index (χ2v) is 7.34. The molecule has 3 aromatic rings. The van der Waals surface area contributed by atoms with Gasteiger partial charge >= 0.3 is 0 Å². The minimum absolute atomic E-state index is 0.0380. The molecule has 0 unspecified atom stereocenters. The Labute approximate surface area is 169 Å². The first kappa shape index (κ1) is 18.9. The van der Waals surface area contributed by atoms with Gasteiger partial charge in [-0.3, -0.25) is 9.59 Å². The van der Waals surface area contributed by atoms with Gasteiger partial charge in [0.15, 0.2) is 5.69 Å². The second-order valence-electron chi connectivity index (χ2n) is 7.34. The van der Waals surface area contributed by atoms with Gasteiger partial charge < -0.3 is 15.2 Å². The van der Waals surface area contributed by atoms with E-state index in [2.05, 4.69) is 27.9 Å². The van der Waals surface area contributed by atoms with Gasteiger partial charge in [-0.05, 0) is 48.9 Å². The van der Waals surface area contributed by atoms with E-state index in [0.717, 1.165) is 42.5 Å². The van der Waals surface area contributed by atoms with Crippen molar-refractivity contribution >= 4 is 17.5 Å². The molecular weight excluding hydrogens is 366 g/mol. The summed E-state index contributed by atoms with van der Waals surface area (Å²) < 4.78 is 4.70. The number of anilines is 1. The Morgan fingerprint density at radius 1 is 0.862 bits per heavy atom. The summed E-state index contributed by atoms with van der Waals surface area (Å²) in [5.74, 6) is -0.229. The summed E-state index contributed by atoms with van der Waals surface area (Å²) in [6, 6.07) is 19.6. The zero-order valence-electron chi connectivity index (χ0n) is 16.0. The maximum atomic E-state index is 12.6. The molecule has 1 fully saturated rings. The fourth-order valence-corrected chi connectivity index (χ4v) is 3.71. The first-order valence-corrected chi connectivity index (χ1v) is 9.86. The molecule has 4 rings (SSSR count). The third-order valence-electron chi connectivity index (χ3n) is 5.36. The Balaban J connectivity index is 1.27. The van der Waals surface area contributed by atoms with Crippen LogP contribution in [0.5, 0.6) is 0 Å². The summed E-state index contributed by atoms with van der Waals surface area (Å²) in [4.78, 5) is 24.7. The predicted octanol–water partition coefficient (Wildman–Crippen LogP) is 4.27. The van der Waals surface area contributed by atoms with Crippen LogP contribution in [0.2, 0.25) is 0 Å². The number of aromatic nitrogens is 1. The predicted molar refractivity (Wildman–Crippen MR) is 110 cm³/mol. The Bertz CT molecular complexity index is 945. The largest absolute Gasteiger partial charge is 0.364 e. The first-order chi connectivity index (χ1) is 14.2. The van der Waals surface area contributed by atoms with Crippen LogP contribution in [0, 0.1) is 5.92 Å². The molecule has 2 N–H and O–H groups in total. The van der Waals surface area contributed by atoms with Crippen molar-refractivity contribution < 1.29 is 14.1 Å². The Hall–Kier alpha value is -3.41. The molecule has 0 aliphatic heterocycles. The molecule has 1 saturated carbocycles. The molecule has 2 amide bonds. The van der Waals surface area contributed by atoms with Crippen molar-refractivity contribution in [3.05, 3.63) is 72.6 Å². The van der Waals surface area contributed by atoms with Crippen LogP contribution in [0.3, 0.4) is 0 Å². The molecule has 6 nitrogen and oxygen atoms in total. The van der Waals surface area contributed by atoms with E-state index in [1.807, 2.05) is 42.5 Å². The molecule has 0 bridgehead atoms. The summed E-state index contributed by atoms with van der Waals surface area (Å²) in [5.41, 5.74) is 3.35. The number of hydrogen-bond donors (Lipinski definition) is 2. The number of carbonyl (C=O) groups is 2. The van der Waals surface area contributed by atoms with Crippen LogP contribution in [0.25, 0.3) is 11.1 Å². The summed E-state index contributed by atoms with van der Waals surface area (Å²) in [7, 11) is 0. The minimum atomic E-state index is -0.231. The van der Waals surface area contributed by atoms with Crippen LogP contribution in [-0.4, -0.2) is 23.0 Å². The lowest BCUT2D eigenvalue weighted by molar-refractivity contribution is -0.120. The van der Waals surface area contributed by atoms with Gasteiger partial charge in [-0.2, -0.15) is 0 Å². The van der Waals surface area contributed by atoms with Gasteiger partial charge in [0.1, 0.15) is 6.26 Å². The van der Waals surface area contributed by atoms with Crippen LogP contribution >= 0.6 is 0 Å². The number of benzene rings is 2. The number of nitrogens with one attached hydrogen (secondary N) is 2. The lowest BCUT2D eigenvalue weighted by atomic mass is 9.85. The SMILES string of the molecule is O=C(NC1CCC(C(=O)Nc2ccc(-c3ccccc3)cc2)CC1)c1ccon1. The third kappa shape index (κ3) is 4.71. The molecule has 1 heterocycles. The van der Waals surface area contributed by atoms with Gasteiger partial charge in [0.25, 0.3) is 5.91 Å². The highest BCUT2D eigenvalue weighted by atomic mass is 16.5. The van der Waals surface area contributed by atoms with Crippen molar-refractivity contribution in [1.82, 2.24) is 10.5 Å². The fraction of sp³-hybridized carbons (Fsp3) is 0.261. The van der Waals surface area contributed by atoms with E-state index in [9.17, 15) is 9.59 Å². The average Bonchev–Trinajstić information content (AvgIpc) is 3.31. The summed E-state index contributed by atoms with van der Waals surface area (Å²) >= 11 is 0. The van der Waals surface area contributed by atoms with E-state index in [4.69, 9.17) is 4.52 Å². The molecule has 1 aromatic heterocycles. The number of amides is 2. The van der Waals surface area contributed by atoms with Crippen molar-refractivity contribution in [3.8, 4) is 11.1 Å². The highest BCUT2D eigenvalue weighted by Gasteiger charge is 2.27. The molecule has 2 aromatic carbocycles. The van der Waals surface area contributed by atoms with Crippen molar-refractivity contribution in [3.63, 3.8) is 0 Å². The highest BCUT2D eigenvalue weighted by molar-refractivity contribution is 5.93. The van der Waals surface area contributed by atoms with Gasteiger partial charge in [0.2, 0.25) is 5.91 Å². The molecule has 6 heteroatoms. The minimum Gasteiger partial charge on any atom is -0.364 e. The van der Waals surface area contributed by atoms with Crippen molar-refractivity contribution in [1.29, 1.82) is 0 Å². The van der Waals surface area contributed by atoms with Crippen LogP contribution in [0.15, 0.2) is 71.4 Å². The smallest absolute Gasteiger partial charge is 0.273 e. The quantitative estimate of drug-likeness (QED) is 0.683.